The first-order valence-corrected chi connectivity index (χ1v) is 6.84. The molecule has 21 heavy (non-hydrogen) atoms. The predicted octanol–water partition coefficient (Wildman–Crippen LogP) is 0.660. The number of likely N-dealkylation sites (tertiary alicyclic amines) is 1. The number of carbonyl (C=O) groups is 1. The third-order valence-corrected chi connectivity index (χ3v) is 3.60. The van der Waals surface area contributed by atoms with E-state index < -0.39 is 4.92 Å². The van der Waals surface area contributed by atoms with Gasteiger partial charge in [0, 0.05) is 24.7 Å². The molecule has 0 saturated carbocycles. The zero-order valence-corrected chi connectivity index (χ0v) is 11.9. The number of piperidine rings is 1. The van der Waals surface area contributed by atoms with E-state index in [9.17, 15) is 14.9 Å². The molecule has 8 nitrogen and oxygen atoms in total. The van der Waals surface area contributed by atoms with Crippen molar-refractivity contribution in [3.05, 3.63) is 27.9 Å². The first-order valence-electron chi connectivity index (χ1n) is 6.84. The third-order valence-electron chi connectivity index (χ3n) is 3.60. The summed E-state index contributed by atoms with van der Waals surface area (Å²) in [6.07, 6.45) is 3.04. The second-order valence-electron chi connectivity index (χ2n) is 5.27. The minimum atomic E-state index is -0.436. The second kappa shape index (κ2) is 6.49. The molecule has 0 aromatic carbocycles. The lowest BCUT2D eigenvalue weighted by atomic mass is 10.0. The summed E-state index contributed by atoms with van der Waals surface area (Å²) < 4.78 is 0. The van der Waals surface area contributed by atoms with Crippen molar-refractivity contribution in [1.82, 2.24) is 9.88 Å². The maximum absolute atomic E-state index is 10.9. The number of nitrogens with zero attached hydrogens (tertiary/aromatic N) is 3. The molecule has 0 radical (unpaired) electrons. The molecular weight excluding hydrogens is 274 g/mol. The molecule has 0 aliphatic carbocycles. The van der Waals surface area contributed by atoms with Crippen LogP contribution in [0.15, 0.2) is 12.3 Å². The monoisotopic (exact) mass is 293 g/mol. The number of amides is 1. The fourth-order valence-electron chi connectivity index (χ4n) is 2.48. The van der Waals surface area contributed by atoms with Gasteiger partial charge in [-0.25, -0.2) is 4.98 Å². The van der Waals surface area contributed by atoms with Crippen LogP contribution in [0.25, 0.3) is 0 Å². The predicted molar refractivity (Wildman–Crippen MR) is 77.9 cm³/mol. The number of hydrogen-bond acceptors (Lipinski definition) is 6. The lowest BCUT2D eigenvalue weighted by molar-refractivity contribution is -0.385. The van der Waals surface area contributed by atoms with Gasteiger partial charge in [-0.1, -0.05) is 0 Å². The lowest BCUT2D eigenvalue weighted by Crippen LogP contribution is -2.43. The summed E-state index contributed by atoms with van der Waals surface area (Å²) in [6.45, 7) is 3.58. The maximum Gasteiger partial charge on any atom is 0.290 e. The molecular formula is C13H19N5O3. The molecule has 114 valence electrons. The molecule has 0 atom stereocenters. The summed E-state index contributed by atoms with van der Waals surface area (Å²) in [4.78, 5) is 27.3. The highest BCUT2D eigenvalue weighted by Gasteiger charge is 2.21. The van der Waals surface area contributed by atoms with Crippen molar-refractivity contribution in [2.45, 2.75) is 25.8 Å². The number of nitrogens with one attached hydrogen (secondary N) is 1. The number of nitrogens with two attached hydrogens (primary N) is 1. The van der Waals surface area contributed by atoms with E-state index in [0.717, 1.165) is 25.9 Å². The highest BCUT2D eigenvalue weighted by atomic mass is 16.6. The molecule has 1 aliphatic rings. The molecule has 3 N–H and O–H groups in total. The fourth-order valence-corrected chi connectivity index (χ4v) is 2.48. The van der Waals surface area contributed by atoms with Crippen LogP contribution in [0.3, 0.4) is 0 Å². The Labute approximate surface area is 122 Å². The van der Waals surface area contributed by atoms with E-state index in [4.69, 9.17) is 5.73 Å². The quantitative estimate of drug-likeness (QED) is 0.609. The van der Waals surface area contributed by atoms with Crippen molar-refractivity contribution in [2.24, 2.45) is 5.73 Å². The number of carbonyl (C=O) groups excluding carboxylic acids is 1. The smallest absolute Gasteiger partial charge is 0.290 e. The molecule has 1 amide bonds. The highest BCUT2D eigenvalue weighted by molar-refractivity contribution is 5.75. The lowest BCUT2D eigenvalue weighted by Gasteiger charge is -2.31. The zero-order chi connectivity index (χ0) is 15.4. The summed E-state index contributed by atoms with van der Waals surface area (Å²) >= 11 is 0. The average molecular weight is 293 g/mol. The standard InChI is InChI=1S/C13H19N5O3/c1-9-6-13(15-7-11(9)18(20)21)16-10-2-4-17(5-3-10)8-12(14)19/h6-7,10H,2-5,8H2,1H3,(H2,14,19)(H,15,16). The maximum atomic E-state index is 10.9. The third kappa shape index (κ3) is 4.12. The van der Waals surface area contributed by atoms with Crippen LogP contribution in [0.1, 0.15) is 18.4 Å². The largest absolute Gasteiger partial charge is 0.369 e. The van der Waals surface area contributed by atoms with Crippen LogP contribution in [-0.4, -0.2) is 46.4 Å². The Morgan fingerprint density at radius 3 is 2.76 bits per heavy atom. The Hall–Kier alpha value is -2.22. The molecule has 2 heterocycles. The number of aromatic nitrogens is 1. The SMILES string of the molecule is Cc1cc(NC2CCN(CC(N)=O)CC2)ncc1[N+](=O)[O-]. The van der Waals surface area contributed by atoms with Gasteiger partial charge in [-0.05, 0) is 25.8 Å². The van der Waals surface area contributed by atoms with Crippen molar-refractivity contribution in [3.63, 3.8) is 0 Å². The van der Waals surface area contributed by atoms with Gasteiger partial charge >= 0.3 is 0 Å². The van der Waals surface area contributed by atoms with E-state index in [1.165, 1.54) is 6.20 Å². The van der Waals surface area contributed by atoms with Crippen molar-refractivity contribution < 1.29 is 9.72 Å². The van der Waals surface area contributed by atoms with E-state index in [-0.39, 0.29) is 17.6 Å². The molecule has 0 spiro atoms. The van der Waals surface area contributed by atoms with E-state index in [0.29, 0.717) is 17.9 Å². The number of primary amides is 1. The molecule has 1 saturated heterocycles. The molecule has 1 fully saturated rings. The van der Waals surface area contributed by atoms with E-state index >= 15 is 0 Å². The number of hydrogen-bond donors (Lipinski definition) is 2. The topological polar surface area (TPSA) is 114 Å². The van der Waals surface area contributed by atoms with Gasteiger partial charge in [-0.3, -0.25) is 19.8 Å². The Balaban J connectivity index is 1.90. The highest BCUT2D eigenvalue weighted by Crippen LogP contribution is 2.21. The number of pyridine rings is 1. The molecule has 0 unspecified atom stereocenters. The summed E-state index contributed by atoms with van der Waals surface area (Å²) in [5, 5.41) is 14.0. The first-order chi connectivity index (χ1) is 9.95. The van der Waals surface area contributed by atoms with E-state index in [1.54, 1.807) is 13.0 Å². The Bertz CT molecular complexity index is 541. The molecule has 2 rings (SSSR count). The van der Waals surface area contributed by atoms with Gasteiger partial charge in [0.15, 0.2) is 0 Å². The van der Waals surface area contributed by atoms with Gasteiger partial charge in [-0.15, -0.1) is 0 Å². The fraction of sp³-hybridized carbons (Fsp3) is 0.538. The summed E-state index contributed by atoms with van der Waals surface area (Å²) in [7, 11) is 0. The summed E-state index contributed by atoms with van der Waals surface area (Å²) in [5.41, 5.74) is 5.79. The van der Waals surface area contributed by atoms with Gasteiger partial charge in [-0.2, -0.15) is 0 Å². The number of rotatable bonds is 5. The van der Waals surface area contributed by atoms with E-state index in [1.807, 2.05) is 4.90 Å². The number of nitro groups is 1. The van der Waals surface area contributed by atoms with E-state index in [2.05, 4.69) is 10.3 Å². The molecule has 0 bridgehead atoms. The average Bonchev–Trinajstić information content (AvgIpc) is 2.40. The molecule has 1 aromatic heterocycles. The normalized spacial score (nSPS) is 16.6. The van der Waals surface area contributed by atoms with Crippen molar-refractivity contribution in [1.29, 1.82) is 0 Å². The van der Waals surface area contributed by atoms with Gasteiger partial charge < -0.3 is 11.1 Å². The van der Waals surface area contributed by atoms with Crippen LogP contribution in [-0.2, 0) is 4.79 Å². The van der Waals surface area contributed by atoms with Crippen LogP contribution >= 0.6 is 0 Å². The van der Waals surface area contributed by atoms with Crippen LogP contribution in [0.2, 0.25) is 0 Å². The van der Waals surface area contributed by atoms with Gasteiger partial charge in [0.1, 0.15) is 12.0 Å². The van der Waals surface area contributed by atoms with Crippen molar-refractivity contribution in [2.75, 3.05) is 25.0 Å². The summed E-state index contributed by atoms with van der Waals surface area (Å²) in [6, 6.07) is 1.94. The number of aryl methyl sites for hydroxylation is 1. The van der Waals surface area contributed by atoms with Crippen LogP contribution in [0.5, 0.6) is 0 Å². The zero-order valence-electron chi connectivity index (χ0n) is 11.9. The van der Waals surface area contributed by atoms with Crippen LogP contribution < -0.4 is 11.1 Å². The Kier molecular flexibility index (Phi) is 4.69. The van der Waals surface area contributed by atoms with Crippen LogP contribution in [0, 0.1) is 17.0 Å². The van der Waals surface area contributed by atoms with Gasteiger partial charge in [0.25, 0.3) is 5.69 Å². The van der Waals surface area contributed by atoms with Crippen molar-refractivity contribution >= 4 is 17.4 Å². The minimum Gasteiger partial charge on any atom is -0.369 e. The molecule has 1 aliphatic heterocycles. The van der Waals surface area contributed by atoms with Crippen molar-refractivity contribution in [3.8, 4) is 0 Å². The minimum absolute atomic E-state index is 0.0248. The second-order valence-corrected chi connectivity index (χ2v) is 5.27. The van der Waals surface area contributed by atoms with Crippen LogP contribution in [0.4, 0.5) is 11.5 Å². The number of anilines is 1. The molecule has 1 aromatic rings. The Morgan fingerprint density at radius 1 is 1.57 bits per heavy atom. The Morgan fingerprint density at radius 2 is 2.24 bits per heavy atom. The van der Waals surface area contributed by atoms with Gasteiger partial charge in [0.05, 0.1) is 11.5 Å². The molecule has 8 heteroatoms. The summed E-state index contributed by atoms with van der Waals surface area (Å²) in [5.74, 6) is 0.334. The first kappa shape index (κ1) is 15.2. The van der Waals surface area contributed by atoms with Gasteiger partial charge in [0.2, 0.25) is 5.91 Å².